The first-order chi connectivity index (χ1) is 13.2. The number of hydrogen-bond acceptors (Lipinski definition) is 4. The fraction of sp³-hybridized carbons (Fsp3) is 0.381. The van der Waals surface area contributed by atoms with Crippen LogP contribution in [-0.2, 0) is 11.3 Å². The number of ether oxygens (including phenoxy) is 2. The molecule has 0 saturated carbocycles. The molecule has 2 aromatic rings. The van der Waals surface area contributed by atoms with Gasteiger partial charge in [-0.05, 0) is 67.9 Å². The molecular weight excluding hydrogens is 364 g/mol. The van der Waals surface area contributed by atoms with Gasteiger partial charge < -0.3 is 20.1 Å². The minimum Gasteiger partial charge on any atom is -0.490 e. The Morgan fingerprint density at radius 2 is 1.52 bits per heavy atom. The fourth-order valence-corrected chi connectivity index (χ4v) is 3.10. The number of carbonyl (C=O) groups excluding carboxylic acids is 1. The lowest BCUT2D eigenvalue weighted by molar-refractivity contribution is -0.125. The molecule has 0 spiro atoms. The summed E-state index contributed by atoms with van der Waals surface area (Å²) in [6.07, 6.45) is 1.83. The highest BCUT2D eigenvalue weighted by molar-refractivity contribution is 6.30. The van der Waals surface area contributed by atoms with E-state index < -0.39 is 0 Å². The lowest BCUT2D eigenvalue weighted by Gasteiger charge is -2.21. The van der Waals surface area contributed by atoms with Gasteiger partial charge in [0.25, 0.3) is 0 Å². The fourth-order valence-electron chi connectivity index (χ4n) is 2.97. The Labute approximate surface area is 165 Å². The van der Waals surface area contributed by atoms with Crippen molar-refractivity contribution in [3.05, 3.63) is 59.1 Å². The lowest BCUT2D eigenvalue weighted by Crippen LogP contribution is -2.37. The molecule has 1 amide bonds. The Hall–Kier alpha value is -2.24. The van der Waals surface area contributed by atoms with E-state index in [1.807, 2.05) is 36.4 Å². The van der Waals surface area contributed by atoms with Gasteiger partial charge in [-0.25, -0.2) is 0 Å². The van der Waals surface area contributed by atoms with Crippen molar-refractivity contribution in [2.75, 3.05) is 26.3 Å². The van der Waals surface area contributed by atoms with E-state index in [1.54, 1.807) is 12.1 Å². The number of benzene rings is 2. The minimum absolute atomic E-state index is 0.134. The van der Waals surface area contributed by atoms with Gasteiger partial charge in [0.1, 0.15) is 24.7 Å². The third-order valence-electron chi connectivity index (χ3n) is 4.53. The van der Waals surface area contributed by atoms with Crippen LogP contribution in [0.4, 0.5) is 0 Å². The highest BCUT2D eigenvalue weighted by Gasteiger charge is 2.20. The molecule has 1 heterocycles. The van der Waals surface area contributed by atoms with Crippen molar-refractivity contribution in [1.82, 2.24) is 10.6 Å². The van der Waals surface area contributed by atoms with Gasteiger partial charge in [0, 0.05) is 17.5 Å². The number of rotatable bonds is 8. The van der Waals surface area contributed by atoms with Crippen LogP contribution in [0.3, 0.4) is 0 Å². The maximum Gasteiger partial charge on any atom is 0.223 e. The van der Waals surface area contributed by atoms with E-state index in [9.17, 15) is 4.79 Å². The van der Waals surface area contributed by atoms with E-state index in [1.165, 1.54) is 0 Å². The summed E-state index contributed by atoms with van der Waals surface area (Å²) in [6.45, 7) is 3.30. The summed E-state index contributed by atoms with van der Waals surface area (Å²) in [5, 5.41) is 6.99. The summed E-state index contributed by atoms with van der Waals surface area (Å²) < 4.78 is 11.3. The number of halogens is 1. The first-order valence-electron chi connectivity index (χ1n) is 9.29. The predicted octanol–water partition coefficient (Wildman–Crippen LogP) is 3.41. The summed E-state index contributed by atoms with van der Waals surface area (Å²) in [4.78, 5) is 12.2. The van der Waals surface area contributed by atoms with E-state index in [2.05, 4.69) is 10.6 Å². The second-order valence-electron chi connectivity index (χ2n) is 6.54. The largest absolute Gasteiger partial charge is 0.490 e. The predicted molar refractivity (Wildman–Crippen MR) is 106 cm³/mol. The molecule has 27 heavy (non-hydrogen) atoms. The molecule has 0 radical (unpaired) electrons. The van der Waals surface area contributed by atoms with Crippen LogP contribution in [0, 0.1) is 5.92 Å². The van der Waals surface area contributed by atoms with Crippen molar-refractivity contribution in [1.29, 1.82) is 0 Å². The molecule has 1 saturated heterocycles. The molecule has 1 aliphatic rings. The van der Waals surface area contributed by atoms with Crippen LogP contribution >= 0.6 is 11.6 Å². The SMILES string of the molecule is O=C(NCc1ccc(OCCOc2ccc(Cl)cc2)cc1)C1CCNCC1. The van der Waals surface area contributed by atoms with Gasteiger partial charge in [0.05, 0.1) is 0 Å². The van der Waals surface area contributed by atoms with Crippen LogP contribution in [0.1, 0.15) is 18.4 Å². The zero-order chi connectivity index (χ0) is 18.9. The molecule has 2 N–H and O–H groups in total. The smallest absolute Gasteiger partial charge is 0.223 e. The Kier molecular flexibility index (Phi) is 7.36. The van der Waals surface area contributed by atoms with E-state index in [0.29, 0.717) is 24.8 Å². The van der Waals surface area contributed by atoms with Crippen molar-refractivity contribution in [2.45, 2.75) is 19.4 Å². The molecule has 144 valence electrons. The van der Waals surface area contributed by atoms with Gasteiger partial charge >= 0.3 is 0 Å². The normalized spacial score (nSPS) is 14.6. The Morgan fingerprint density at radius 1 is 0.963 bits per heavy atom. The van der Waals surface area contributed by atoms with E-state index >= 15 is 0 Å². The number of piperidine rings is 1. The first-order valence-corrected chi connectivity index (χ1v) is 9.67. The summed E-state index contributed by atoms with van der Waals surface area (Å²) in [6, 6.07) is 15.0. The quantitative estimate of drug-likeness (QED) is 0.680. The molecule has 0 atom stereocenters. The maximum absolute atomic E-state index is 12.2. The maximum atomic E-state index is 12.2. The summed E-state index contributed by atoms with van der Waals surface area (Å²) in [5.41, 5.74) is 1.06. The third-order valence-corrected chi connectivity index (χ3v) is 4.79. The van der Waals surface area contributed by atoms with Crippen molar-refractivity contribution in [3.63, 3.8) is 0 Å². The minimum atomic E-state index is 0.134. The number of hydrogen-bond donors (Lipinski definition) is 2. The average Bonchev–Trinajstić information content (AvgIpc) is 2.72. The van der Waals surface area contributed by atoms with Crippen LogP contribution < -0.4 is 20.1 Å². The molecule has 1 fully saturated rings. The van der Waals surface area contributed by atoms with E-state index in [-0.39, 0.29) is 11.8 Å². The molecule has 0 unspecified atom stereocenters. The topological polar surface area (TPSA) is 59.6 Å². The molecule has 3 rings (SSSR count). The second kappa shape index (κ2) is 10.2. The van der Waals surface area contributed by atoms with Crippen molar-refractivity contribution in [3.8, 4) is 11.5 Å². The second-order valence-corrected chi connectivity index (χ2v) is 6.97. The summed E-state index contributed by atoms with van der Waals surface area (Å²) >= 11 is 5.84. The monoisotopic (exact) mass is 388 g/mol. The molecule has 5 nitrogen and oxygen atoms in total. The van der Waals surface area contributed by atoms with Gasteiger partial charge in [0.15, 0.2) is 0 Å². The standard InChI is InChI=1S/C21H25ClN2O3/c22-18-3-7-20(8-4-18)27-14-13-26-19-5-1-16(2-6-19)15-24-21(25)17-9-11-23-12-10-17/h1-8,17,23H,9-15H2,(H,24,25). The first kappa shape index (κ1) is 19.5. The molecule has 2 aromatic carbocycles. The van der Waals surface area contributed by atoms with Crippen molar-refractivity contribution < 1.29 is 14.3 Å². The number of carbonyl (C=O) groups is 1. The van der Waals surface area contributed by atoms with Gasteiger partial charge in [-0.1, -0.05) is 23.7 Å². The van der Waals surface area contributed by atoms with Gasteiger partial charge in [-0.3, -0.25) is 4.79 Å². The summed E-state index contributed by atoms with van der Waals surface area (Å²) in [5.74, 6) is 1.83. The zero-order valence-corrected chi connectivity index (χ0v) is 16.0. The highest BCUT2D eigenvalue weighted by Crippen LogP contribution is 2.16. The van der Waals surface area contributed by atoms with Crippen LogP contribution in [-0.4, -0.2) is 32.2 Å². The third kappa shape index (κ3) is 6.45. The zero-order valence-electron chi connectivity index (χ0n) is 15.2. The van der Waals surface area contributed by atoms with Gasteiger partial charge in [0.2, 0.25) is 5.91 Å². The Balaban J connectivity index is 1.35. The van der Waals surface area contributed by atoms with Crippen LogP contribution in [0.15, 0.2) is 48.5 Å². The van der Waals surface area contributed by atoms with Gasteiger partial charge in [-0.2, -0.15) is 0 Å². The van der Waals surface area contributed by atoms with Gasteiger partial charge in [-0.15, -0.1) is 0 Å². The van der Waals surface area contributed by atoms with Crippen LogP contribution in [0.5, 0.6) is 11.5 Å². The number of amides is 1. The molecule has 6 heteroatoms. The Morgan fingerprint density at radius 3 is 2.11 bits per heavy atom. The van der Waals surface area contributed by atoms with Crippen molar-refractivity contribution in [2.24, 2.45) is 5.92 Å². The van der Waals surface area contributed by atoms with Crippen LogP contribution in [0.2, 0.25) is 5.02 Å². The highest BCUT2D eigenvalue weighted by atomic mass is 35.5. The van der Waals surface area contributed by atoms with E-state index in [0.717, 1.165) is 43.0 Å². The van der Waals surface area contributed by atoms with E-state index in [4.69, 9.17) is 21.1 Å². The molecule has 0 aliphatic carbocycles. The average molecular weight is 389 g/mol. The van der Waals surface area contributed by atoms with Crippen LogP contribution in [0.25, 0.3) is 0 Å². The number of nitrogens with one attached hydrogen (secondary N) is 2. The molecular formula is C21H25ClN2O3. The van der Waals surface area contributed by atoms with Crippen molar-refractivity contribution >= 4 is 17.5 Å². The lowest BCUT2D eigenvalue weighted by atomic mass is 9.97. The summed E-state index contributed by atoms with van der Waals surface area (Å²) in [7, 11) is 0. The Bertz CT molecular complexity index is 713. The molecule has 0 aromatic heterocycles. The molecule has 0 bridgehead atoms. The molecule has 1 aliphatic heterocycles.